The minimum absolute atomic E-state index is 0.621. The van der Waals surface area contributed by atoms with Gasteiger partial charge in [-0.05, 0) is 65.5 Å². The summed E-state index contributed by atoms with van der Waals surface area (Å²) in [7, 11) is 0. The minimum atomic E-state index is 0.621. The van der Waals surface area contributed by atoms with E-state index in [1.54, 1.807) is 0 Å². The van der Waals surface area contributed by atoms with Gasteiger partial charge in [0.25, 0.3) is 0 Å². The fourth-order valence-corrected chi connectivity index (χ4v) is 7.49. The van der Waals surface area contributed by atoms with Crippen LogP contribution in [0.3, 0.4) is 0 Å². The first-order valence-corrected chi connectivity index (χ1v) is 15.9. The van der Waals surface area contributed by atoms with Crippen LogP contribution >= 0.6 is 11.3 Å². The number of hydrogen-bond acceptors (Lipinski definition) is 4. The third-order valence-electron chi connectivity index (χ3n) is 8.51. The number of thiophene rings is 1. The first-order valence-electron chi connectivity index (χ1n) is 15.0. The Kier molecular flexibility index (Phi) is 6.00. The van der Waals surface area contributed by atoms with Crippen molar-refractivity contribution in [2.75, 3.05) is 4.90 Å². The van der Waals surface area contributed by atoms with Gasteiger partial charge in [0.15, 0.2) is 5.58 Å². The van der Waals surface area contributed by atoms with Gasteiger partial charge in [0.2, 0.25) is 5.89 Å². The van der Waals surface area contributed by atoms with Crippen molar-refractivity contribution in [3.63, 3.8) is 0 Å². The van der Waals surface area contributed by atoms with Gasteiger partial charge in [-0.3, -0.25) is 0 Å². The molecule has 0 aliphatic rings. The third kappa shape index (κ3) is 4.38. The minimum Gasteiger partial charge on any atom is -0.436 e. The zero-order chi connectivity index (χ0) is 29.7. The van der Waals surface area contributed by atoms with Crippen LogP contribution in [-0.2, 0) is 0 Å². The lowest BCUT2D eigenvalue weighted by molar-refractivity contribution is 0.620. The van der Waals surface area contributed by atoms with E-state index in [0.29, 0.717) is 5.89 Å². The predicted octanol–water partition coefficient (Wildman–Crippen LogP) is 12.2. The molecule has 9 aromatic rings. The number of oxazole rings is 1. The molecule has 0 atom stereocenters. The van der Waals surface area contributed by atoms with E-state index in [1.807, 2.05) is 29.5 Å². The summed E-state index contributed by atoms with van der Waals surface area (Å²) in [6.45, 7) is 0. The molecule has 0 unspecified atom stereocenters. The maximum atomic E-state index is 6.26. The van der Waals surface area contributed by atoms with Crippen LogP contribution in [0.4, 0.5) is 17.1 Å². The molecule has 0 bridgehead atoms. The Labute approximate surface area is 264 Å². The Morgan fingerprint density at radius 2 is 1.22 bits per heavy atom. The molecule has 0 N–H and O–H groups in total. The van der Waals surface area contributed by atoms with E-state index in [-0.39, 0.29) is 0 Å². The van der Waals surface area contributed by atoms with E-state index < -0.39 is 0 Å². The molecule has 4 heteroatoms. The molecule has 9 rings (SSSR count). The standard InChI is InChI=1S/C41H26N2OS/c1-2-10-27(11-3-1)32-13-6-8-16-36(32)43(31-23-24-35-34-15-7-9-17-38(34)45-39(35)26-31)30-21-18-29(19-22-30)41-42-40-33-14-5-4-12-28(33)20-25-37(40)44-41/h1-26H. The van der Waals surface area contributed by atoms with Crippen LogP contribution in [0.5, 0.6) is 0 Å². The van der Waals surface area contributed by atoms with Gasteiger partial charge in [-0.25, -0.2) is 4.98 Å². The monoisotopic (exact) mass is 594 g/mol. The van der Waals surface area contributed by atoms with E-state index in [2.05, 4.69) is 144 Å². The highest BCUT2D eigenvalue weighted by Gasteiger charge is 2.19. The molecule has 2 aromatic heterocycles. The van der Waals surface area contributed by atoms with Crippen LogP contribution in [-0.4, -0.2) is 4.98 Å². The zero-order valence-corrected chi connectivity index (χ0v) is 25.0. The lowest BCUT2D eigenvalue weighted by Crippen LogP contribution is -2.11. The number of rotatable bonds is 5. The average molecular weight is 595 g/mol. The van der Waals surface area contributed by atoms with E-state index in [1.165, 1.54) is 31.3 Å². The van der Waals surface area contributed by atoms with Crippen molar-refractivity contribution in [1.82, 2.24) is 4.98 Å². The molecule has 0 aliphatic heterocycles. The number of fused-ring (bicyclic) bond motifs is 6. The first-order chi connectivity index (χ1) is 22.3. The van der Waals surface area contributed by atoms with Crippen molar-refractivity contribution in [1.29, 1.82) is 0 Å². The largest absolute Gasteiger partial charge is 0.436 e. The summed E-state index contributed by atoms with van der Waals surface area (Å²) >= 11 is 1.84. The van der Waals surface area contributed by atoms with E-state index in [9.17, 15) is 0 Å². The van der Waals surface area contributed by atoms with Gasteiger partial charge in [0.1, 0.15) is 5.52 Å². The number of anilines is 3. The summed E-state index contributed by atoms with van der Waals surface area (Å²) in [5.41, 5.74) is 8.26. The average Bonchev–Trinajstić information content (AvgIpc) is 3.71. The molecule has 0 aliphatic carbocycles. The van der Waals surface area contributed by atoms with Crippen molar-refractivity contribution in [3.8, 4) is 22.6 Å². The fraction of sp³-hybridized carbons (Fsp3) is 0. The second-order valence-electron chi connectivity index (χ2n) is 11.2. The van der Waals surface area contributed by atoms with Crippen molar-refractivity contribution in [3.05, 3.63) is 158 Å². The molecule has 0 saturated carbocycles. The second kappa shape index (κ2) is 10.5. The Morgan fingerprint density at radius 3 is 2.11 bits per heavy atom. The number of hydrogen-bond donors (Lipinski definition) is 0. The topological polar surface area (TPSA) is 29.3 Å². The van der Waals surface area contributed by atoms with Gasteiger partial charge >= 0.3 is 0 Å². The summed E-state index contributed by atoms with van der Waals surface area (Å²) in [4.78, 5) is 7.29. The van der Waals surface area contributed by atoms with Crippen LogP contribution in [0.15, 0.2) is 162 Å². The summed E-state index contributed by atoms with van der Waals surface area (Å²) in [5, 5.41) is 4.84. The lowest BCUT2D eigenvalue weighted by Gasteiger charge is -2.28. The normalized spacial score (nSPS) is 11.6. The molecule has 0 fully saturated rings. The molecular formula is C41H26N2OS. The summed E-state index contributed by atoms with van der Waals surface area (Å²) in [6.07, 6.45) is 0. The smallest absolute Gasteiger partial charge is 0.227 e. The van der Waals surface area contributed by atoms with Gasteiger partial charge in [0, 0.05) is 48.1 Å². The highest BCUT2D eigenvalue weighted by atomic mass is 32.1. The first kappa shape index (κ1) is 25.8. The van der Waals surface area contributed by atoms with Crippen LogP contribution in [0, 0.1) is 0 Å². The quantitative estimate of drug-likeness (QED) is 0.198. The molecular weight excluding hydrogens is 569 g/mol. The molecule has 45 heavy (non-hydrogen) atoms. The Morgan fingerprint density at radius 1 is 0.511 bits per heavy atom. The van der Waals surface area contributed by atoms with Crippen molar-refractivity contribution in [2.45, 2.75) is 0 Å². The van der Waals surface area contributed by atoms with Gasteiger partial charge in [0.05, 0.1) is 5.69 Å². The van der Waals surface area contributed by atoms with Crippen LogP contribution in [0.25, 0.3) is 64.6 Å². The maximum Gasteiger partial charge on any atom is 0.227 e. The second-order valence-corrected chi connectivity index (χ2v) is 12.3. The van der Waals surface area contributed by atoms with E-state index >= 15 is 0 Å². The number of aromatic nitrogens is 1. The molecule has 2 heterocycles. The number of benzene rings is 7. The highest BCUT2D eigenvalue weighted by Crippen LogP contribution is 2.44. The number of para-hydroxylation sites is 1. The Balaban J connectivity index is 1.19. The molecule has 0 saturated heterocycles. The molecule has 7 aromatic carbocycles. The van der Waals surface area contributed by atoms with E-state index in [4.69, 9.17) is 9.40 Å². The third-order valence-corrected chi connectivity index (χ3v) is 9.64. The number of nitrogens with zero attached hydrogens (tertiary/aromatic N) is 2. The van der Waals surface area contributed by atoms with Crippen LogP contribution in [0.1, 0.15) is 0 Å². The SMILES string of the molecule is c1ccc(-c2ccccc2N(c2ccc(-c3nc4c(ccc5ccccc54)o3)cc2)c2ccc3c(c2)sc2ccccc23)cc1. The van der Waals surface area contributed by atoms with Crippen molar-refractivity contribution in [2.24, 2.45) is 0 Å². The summed E-state index contributed by atoms with van der Waals surface area (Å²) in [6, 6.07) is 55.6. The summed E-state index contributed by atoms with van der Waals surface area (Å²) in [5.74, 6) is 0.621. The molecule has 0 spiro atoms. The molecule has 0 amide bonds. The van der Waals surface area contributed by atoms with Gasteiger partial charge < -0.3 is 9.32 Å². The highest BCUT2D eigenvalue weighted by molar-refractivity contribution is 7.25. The van der Waals surface area contributed by atoms with Crippen LogP contribution < -0.4 is 4.90 Å². The molecule has 3 nitrogen and oxygen atoms in total. The predicted molar refractivity (Wildman–Crippen MR) is 190 cm³/mol. The van der Waals surface area contributed by atoms with Crippen LogP contribution in [0.2, 0.25) is 0 Å². The van der Waals surface area contributed by atoms with Gasteiger partial charge in [-0.1, -0.05) is 103 Å². The van der Waals surface area contributed by atoms with Gasteiger partial charge in [-0.15, -0.1) is 11.3 Å². The Hall–Kier alpha value is -5.71. The fourth-order valence-electron chi connectivity index (χ4n) is 6.35. The van der Waals surface area contributed by atoms with Crippen molar-refractivity contribution < 1.29 is 4.42 Å². The lowest BCUT2D eigenvalue weighted by atomic mass is 10.0. The van der Waals surface area contributed by atoms with Crippen molar-refractivity contribution >= 4 is 70.4 Å². The van der Waals surface area contributed by atoms with E-state index in [0.717, 1.165) is 44.5 Å². The Bertz CT molecular complexity index is 2490. The van der Waals surface area contributed by atoms with Gasteiger partial charge in [-0.2, -0.15) is 0 Å². The molecule has 0 radical (unpaired) electrons. The summed E-state index contributed by atoms with van der Waals surface area (Å²) < 4.78 is 8.83. The zero-order valence-electron chi connectivity index (χ0n) is 24.2. The molecule has 212 valence electrons. The maximum absolute atomic E-state index is 6.26.